The summed E-state index contributed by atoms with van der Waals surface area (Å²) in [5.74, 6) is 1.25. The molecule has 216 valence electrons. The van der Waals surface area contributed by atoms with Crippen LogP contribution in [0.15, 0.2) is 18.2 Å². The first-order valence-corrected chi connectivity index (χ1v) is 14.6. The Balaban J connectivity index is 1.57. The van der Waals surface area contributed by atoms with Crippen molar-refractivity contribution in [2.45, 2.75) is 97.6 Å². The number of H-pyrrole nitrogens is 1. The number of benzene rings is 1. The Morgan fingerprint density at radius 2 is 1.87 bits per heavy atom. The Hall–Kier alpha value is -2.87. The normalized spacial score (nSPS) is 15.4. The van der Waals surface area contributed by atoms with Gasteiger partial charge in [-0.1, -0.05) is 12.8 Å². The average molecular weight is 541 g/mol. The molecule has 2 heterocycles. The summed E-state index contributed by atoms with van der Waals surface area (Å²) in [4.78, 5) is 43.5. The summed E-state index contributed by atoms with van der Waals surface area (Å²) < 4.78 is 5.37. The molecule has 8 nitrogen and oxygen atoms in total. The Bertz CT molecular complexity index is 1100. The summed E-state index contributed by atoms with van der Waals surface area (Å²) in [6, 6.07) is 5.78. The van der Waals surface area contributed by atoms with Gasteiger partial charge in [-0.15, -0.1) is 0 Å². The molecule has 1 aromatic heterocycles. The quantitative estimate of drug-likeness (QED) is 0.285. The van der Waals surface area contributed by atoms with Gasteiger partial charge in [0.2, 0.25) is 11.8 Å². The van der Waals surface area contributed by atoms with Crippen LogP contribution in [0.4, 0.5) is 0 Å². The number of hydrogen-bond donors (Lipinski definition) is 3. The van der Waals surface area contributed by atoms with Gasteiger partial charge in [0.1, 0.15) is 17.6 Å². The Morgan fingerprint density at radius 3 is 2.54 bits per heavy atom. The third-order valence-corrected chi connectivity index (χ3v) is 8.07. The number of nitrogens with zero attached hydrogens (tertiary/aromatic N) is 1. The van der Waals surface area contributed by atoms with Crippen LogP contribution >= 0.6 is 0 Å². The smallest absolute Gasteiger partial charge is 0.242 e. The molecule has 1 fully saturated rings. The largest absolute Gasteiger partial charge is 0.497 e. The number of fused-ring (bicyclic) bond motifs is 1. The molecule has 8 heteroatoms. The van der Waals surface area contributed by atoms with Crippen molar-refractivity contribution >= 4 is 28.5 Å². The van der Waals surface area contributed by atoms with Crippen LogP contribution in [0, 0.1) is 12.8 Å². The number of methoxy groups -OCH3 is 1. The molecule has 0 aliphatic carbocycles. The van der Waals surface area contributed by atoms with Crippen LogP contribution in [0.2, 0.25) is 0 Å². The van der Waals surface area contributed by atoms with Crippen molar-refractivity contribution in [2.24, 2.45) is 5.92 Å². The monoisotopic (exact) mass is 540 g/mol. The zero-order valence-corrected chi connectivity index (χ0v) is 24.5. The number of unbranched alkanes of at least 4 members (excludes halogenated alkanes) is 2. The van der Waals surface area contributed by atoms with Crippen LogP contribution in [-0.4, -0.2) is 66.3 Å². The molecule has 3 rings (SSSR count). The highest BCUT2D eigenvalue weighted by molar-refractivity contribution is 5.93. The SMILES string of the molecule is COc1ccc2[nH]c(C)c(CC(=O)N[C@@H](CCCCCC(C)=O)C(=O)NCCC3CCN(C(C)C)CC3)c2c1. The number of carbonyl (C=O) groups excluding carboxylic acids is 3. The van der Waals surface area contributed by atoms with Crippen molar-refractivity contribution in [2.75, 3.05) is 26.7 Å². The molecule has 1 saturated heterocycles. The second-order valence-corrected chi connectivity index (χ2v) is 11.4. The van der Waals surface area contributed by atoms with E-state index < -0.39 is 6.04 Å². The Morgan fingerprint density at radius 1 is 1.13 bits per heavy atom. The van der Waals surface area contributed by atoms with Crippen molar-refractivity contribution < 1.29 is 19.1 Å². The molecule has 2 aromatic rings. The summed E-state index contributed by atoms with van der Waals surface area (Å²) in [5.41, 5.74) is 2.80. The predicted octanol–water partition coefficient (Wildman–Crippen LogP) is 4.68. The summed E-state index contributed by atoms with van der Waals surface area (Å²) >= 11 is 0. The molecule has 3 N–H and O–H groups in total. The van der Waals surface area contributed by atoms with Crippen molar-refractivity contribution in [3.05, 3.63) is 29.5 Å². The first kappa shape index (κ1) is 30.7. The number of piperidine rings is 1. The molecule has 0 saturated carbocycles. The van der Waals surface area contributed by atoms with E-state index in [1.807, 2.05) is 25.1 Å². The molecule has 39 heavy (non-hydrogen) atoms. The van der Waals surface area contributed by atoms with Crippen LogP contribution in [0.25, 0.3) is 10.9 Å². The maximum Gasteiger partial charge on any atom is 0.242 e. The second-order valence-electron chi connectivity index (χ2n) is 11.4. The van der Waals surface area contributed by atoms with Crippen molar-refractivity contribution in [1.29, 1.82) is 0 Å². The number of ketones is 1. The molecule has 2 amide bonds. The van der Waals surface area contributed by atoms with E-state index >= 15 is 0 Å². The van der Waals surface area contributed by atoms with Gasteiger partial charge in [0.05, 0.1) is 13.5 Å². The van der Waals surface area contributed by atoms with Crippen LogP contribution < -0.4 is 15.4 Å². The summed E-state index contributed by atoms with van der Waals surface area (Å²) in [6.07, 6.45) is 7.04. The molecule has 0 unspecified atom stereocenters. The summed E-state index contributed by atoms with van der Waals surface area (Å²) in [6.45, 7) is 10.9. The average Bonchev–Trinajstić information content (AvgIpc) is 3.21. The van der Waals surface area contributed by atoms with E-state index in [2.05, 4.69) is 34.4 Å². The third kappa shape index (κ3) is 9.38. The van der Waals surface area contributed by atoms with Crippen molar-refractivity contribution in [3.63, 3.8) is 0 Å². The van der Waals surface area contributed by atoms with Gasteiger partial charge in [-0.2, -0.15) is 0 Å². The van der Waals surface area contributed by atoms with E-state index in [0.717, 1.165) is 66.7 Å². The fourth-order valence-corrected chi connectivity index (χ4v) is 5.57. The zero-order valence-electron chi connectivity index (χ0n) is 24.5. The predicted molar refractivity (Wildman–Crippen MR) is 156 cm³/mol. The van der Waals surface area contributed by atoms with Gasteiger partial charge in [-0.3, -0.25) is 9.59 Å². The van der Waals surface area contributed by atoms with E-state index in [1.54, 1.807) is 14.0 Å². The van der Waals surface area contributed by atoms with Crippen LogP contribution in [0.1, 0.15) is 83.4 Å². The number of Topliss-reactive ketones (excluding diaryl/α,β-unsaturated/α-hetero) is 1. The topological polar surface area (TPSA) is 104 Å². The maximum absolute atomic E-state index is 13.2. The number of aromatic nitrogens is 1. The minimum Gasteiger partial charge on any atom is -0.497 e. The number of carbonyl (C=O) groups is 3. The lowest BCUT2D eigenvalue weighted by atomic mass is 9.93. The number of ether oxygens (including phenoxy) is 1. The van der Waals surface area contributed by atoms with E-state index in [-0.39, 0.29) is 24.0 Å². The summed E-state index contributed by atoms with van der Waals surface area (Å²) in [5, 5.41) is 7.07. The van der Waals surface area contributed by atoms with Gasteiger partial charge in [0, 0.05) is 35.6 Å². The lowest BCUT2D eigenvalue weighted by Crippen LogP contribution is -2.47. The van der Waals surface area contributed by atoms with Crippen molar-refractivity contribution in [1.82, 2.24) is 20.5 Å². The first-order chi connectivity index (χ1) is 18.7. The van der Waals surface area contributed by atoms with E-state index in [4.69, 9.17) is 4.74 Å². The fourth-order valence-electron chi connectivity index (χ4n) is 5.57. The molecule has 1 aromatic carbocycles. The van der Waals surface area contributed by atoms with Gasteiger partial charge in [0.15, 0.2) is 0 Å². The number of hydrogen-bond acceptors (Lipinski definition) is 5. The van der Waals surface area contributed by atoms with Gasteiger partial charge >= 0.3 is 0 Å². The molecule has 1 aliphatic heterocycles. The van der Waals surface area contributed by atoms with Crippen LogP contribution in [0.3, 0.4) is 0 Å². The Kier molecular flexibility index (Phi) is 11.8. The minimum absolute atomic E-state index is 0.119. The molecule has 1 atom stereocenters. The second kappa shape index (κ2) is 15.1. The number of aromatic amines is 1. The number of rotatable bonds is 15. The highest BCUT2D eigenvalue weighted by atomic mass is 16.5. The molecular formula is C31H48N4O4. The van der Waals surface area contributed by atoms with E-state index in [0.29, 0.717) is 31.3 Å². The van der Waals surface area contributed by atoms with Crippen LogP contribution in [0.5, 0.6) is 5.75 Å². The van der Waals surface area contributed by atoms with E-state index in [9.17, 15) is 14.4 Å². The molecule has 1 aliphatic rings. The lowest BCUT2D eigenvalue weighted by Gasteiger charge is -2.34. The molecule has 0 radical (unpaired) electrons. The zero-order chi connectivity index (χ0) is 28.4. The minimum atomic E-state index is -0.585. The van der Waals surface area contributed by atoms with Gasteiger partial charge in [-0.05, 0) is 103 Å². The highest BCUT2D eigenvalue weighted by Crippen LogP contribution is 2.27. The standard InChI is InChI=1S/C31H48N4O4/c1-21(2)35-17-14-24(15-18-35)13-16-32-31(38)29(10-8-6-7-9-22(3)36)34-30(37)20-26-23(4)33-28-12-11-25(39-5)19-27(26)28/h11-12,19,21,24,29,33H,6-10,13-18,20H2,1-5H3,(H,32,38)(H,34,37)/t29-/m0/s1. The third-order valence-electron chi connectivity index (χ3n) is 8.07. The summed E-state index contributed by atoms with van der Waals surface area (Å²) in [7, 11) is 1.63. The first-order valence-electron chi connectivity index (χ1n) is 14.6. The molecular weight excluding hydrogens is 492 g/mol. The number of amides is 2. The number of likely N-dealkylation sites (tertiary alicyclic amines) is 1. The van der Waals surface area contributed by atoms with Gasteiger partial charge in [0.25, 0.3) is 0 Å². The number of nitrogens with one attached hydrogen (secondary N) is 3. The van der Waals surface area contributed by atoms with E-state index in [1.165, 1.54) is 12.8 Å². The number of aryl methyl sites for hydroxylation is 1. The maximum atomic E-state index is 13.2. The molecule has 0 bridgehead atoms. The van der Waals surface area contributed by atoms with Gasteiger partial charge < -0.3 is 30.0 Å². The van der Waals surface area contributed by atoms with Crippen LogP contribution in [-0.2, 0) is 20.8 Å². The lowest BCUT2D eigenvalue weighted by molar-refractivity contribution is -0.129. The van der Waals surface area contributed by atoms with Crippen molar-refractivity contribution in [3.8, 4) is 5.75 Å². The molecule has 0 spiro atoms. The van der Waals surface area contributed by atoms with Gasteiger partial charge in [-0.25, -0.2) is 0 Å². The fraction of sp³-hybridized carbons (Fsp3) is 0.645. The highest BCUT2D eigenvalue weighted by Gasteiger charge is 2.24. The Labute approximate surface area is 233 Å².